The van der Waals surface area contributed by atoms with Crippen LogP contribution in [0.15, 0.2) is 0 Å². The first-order valence-electron chi connectivity index (χ1n) is 3.84. The van der Waals surface area contributed by atoms with E-state index in [1.807, 2.05) is 0 Å². The number of hydrogen-bond donors (Lipinski definition) is 4. The van der Waals surface area contributed by atoms with E-state index in [4.69, 9.17) is 0 Å². The number of hydrazine groups is 4. The summed E-state index contributed by atoms with van der Waals surface area (Å²) in [6.45, 7) is 0. The lowest BCUT2D eigenvalue weighted by atomic mass is 10.4. The summed E-state index contributed by atoms with van der Waals surface area (Å²) in [7, 11) is 0. The molecule has 16 heteroatoms. The summed E-state index contributed by atoms with van der Waals surface area (Å²) >= 11 is 0. The molecule has 0 unspecified atom stereocenters. The van der Waals surface area contributed by atoms with Gasteiger partial charge in [0, 0.05) is 0 Å². The second kappa shape index (κ2) is 6.40. The van der Waals surface area contributed by atoms with Gasteiger partial charge < -0.3 is 0 Å². The Morgan fingerprint density at radius 2 is 0.722 bits per heavy atom. The van der Waals surface area contributed by atoms with E-state index in [0.717, 1.165) is 0 Å². The van der Waals surface area contributed by atoms with Crippen molar-refractivity contribution in [3.05, 3.63) is 40.5 Å². The van der Waals surface area contributed by atoms with Crippen LogP contribution >= 0.6 is 0 Å². The van der Waals surface area contributed by atoms with E-state index in [1.54, 1.807) is 0 Å². The maximum Gasteiger partial charge on any atom is 0.260 e. The van der Waals surface area contributed by atoms with Crippen molar-refractivity contribution < 1.29 is 20.1 Å². The minimum atomic E-state index is -2.06. The highest BCUT2D eigenvalue weighted by Crippen LogP contribution is 1.88. The molecule has 0 rings (SSSR count). The van der Waals surface area contributed by atoms with Gasteiger partial charge >= 0.3 is 0 Å². The molecule has 16 nitrogen and oxygen atoms in total. The topological polar surface area (TPSA) is 221 Å². The third kappa shape index (κ3) is 6.31. The van der Waals surface area contributed by atoms with Gasteiger partial charge in [0.05, 0.1) is 0 Å². The lowest BCUT2D eigenvalue weighted by Crippen LogP contribution is -2.66. The Bertz CT molecular complexity index is 289. The molecule has 0 saturated heterocycles. The molecule has 0 fully saturated rings. The second-order valence-electron chi connectivity index (χ2n) is 2.50. The van der Waals surface area contributed by atoms with E-state index in [0.29, 0.717) is 0 Å². The molecule has 4 N–H and O–H groups in total. The number of hydrogen-bond acceptors (Lipinski definition) is 8. The van der Waals surface area contributed by atoms with Crippen molar-refractivity contribution in [1.82, 2.24) is 21.7 Å². The van der Waals surface area contributed by atoms with E-state index < -0.39 is 32.5 Å². The molecule has 0 aromatic rings. The third-order valence-electron chi connectivity index (χ3n) is 1.31. The van der Waals surface area contributed by atoms with Crippen LogP contribution in [0.5, 0.6) is 0 Å². The highest BCUT2D eigenvalue weighted by atomic mass is 16.7. The van der Waals surface area contributed by atoms with Gasteiger partial charge in [0.2, 0.25) is 0 Å². The average Bonchev–Trinajstić information content (AvgIpc) is 2.12. The van der Waals surface area contributed by atoms with E-state index in [9.17, 15) is 40.5 Å². The largest absolute Gasteiger partial charge is 0.260 e. The summed E-state index contributed by atoms with van der Waals surface area (Å²) in [6, 6.07) is 0. The number of nitrogens with one attached hydrogen (secondary N) is 4. The van der Waals surface area contributed by atoms with Gasteiger partial charge in [-0.05, 0) is 0 Å². The molecule has 0 aliphatic rings. The zero-order chi connectivity index (χ0) is 14.3. The molecular formula is C2H6N8O8. The molecule has 0 aromatic carbocycles. The summed E-state index contributed by atoms with van der Waals surface area (Å²) in [4.78, 5) is 40.4. The molecule has 102 valence electrons. The van der Waals surface area contributed by atoms with Crippen molar-refractivity contribution in [1.29, 1.82) is 0 Å². The molecule has 0 aliphatic heterocycles. The Balaban J connectivity index is 4.90. The molecule has 0 bridgehead atoms. The van der Waals surface area contributed by atoms with Crippen LogP contribution in [0.3, 0.4) is 0 Å². The Morgan fingerprint density at radius 3 is 0.833 bits per heavy atom. The molecule has 0 heterocycles. The fourth-order valence-corrected chi connectivity index (χ4v) is 0.810. The second-order valence-corrected chi connectivity index (χ2v) is 2.50. The zero-order valence-corrected chi connectivity index (χ0v) is 8.21. The van der Waals surface area contributed by atoms with E-state index in [2.05, 4.69) is 0 Å². The number of nitro groups is 4. The van der Waals surface area contributed by atoms with Crippen molar-refractivity contribution in [3.63, 3.8) is 0 Å². The molecule has 0 radical (unpaired) electrons. The van der Waals surface area contributed by atoms with E-state index in [-0.39, 0.29) is 0 Å². The fourth-order valence-electron chi connectivity index (χ4n) is 0.810. The Labute approximate surface area is 95.8 Å². The highest BCUT2D eigenvalue weighted by Gasteiger charge is 2.36. The molecular weight excluding hydrogens is 264 g/mol. The van der Waals surface area contributed by atoms with Gasteiger partial charge in [-0.1, -0.05) is 0 Å². The van der Waals surface area contributed by atoms with Gasteiger partial charge in [-0.15, -0.1) is 21.7 Å². The summed E-state index contributed by atoms with van der Waals surface area (Å²) in [5, 5.41) is 35.3. The molecule has 0 saturated carbocycles. The number of rotatable bonds is 9. The lowest BCUT2D eigenvalue weighted by molar-refractivity contribution is -0.627. The van der Waals surface area contributed by atoms with Crippen LogP contribution in [0.1, 0.15) is 0 Å². The summed E-state index contributed by atoms with van der Waals surface area (Å²) < 4.78 is 0. The third-order valence-corrected chi connectivity index (χ3v) is 1.31. The maximum atomic E-state index is 10.1. The van der Waals surface area contributed by atoms with Gasteiger partial charge in [0.25, 0.3) is 12.3 Å². The van der Waals surface area contributed by atoms with Crippen LogP contribution in [-0.2, 0) is 0 Å². The van der Waals surface area contributed by atoms with Crippen molar-refractivity contribution in [2.45, 2.75) is 12.3 Å². The number of nitrogens with zero attached hydrogens (tertiary/aromatic N) is 4. The van der Waals surface area contributed by atoms with Crippen molar-refractivity contribution in [3.8, 4) is 0 Å². The summed E-state index contributed by atoms with van der Waals surface area (Å²) in [5.74, 6) is 0. The van der Waals surface area contributed by atoms with Crippen molar-refractivity contribution in [2.24, 2.45) is 0 Å². The molecule has 18 heavy (non-hydrogen) atoms. The van der Waals surface area contributed by atoms with Crippen molar-refractivity contribution in [2.75, 3.05) is 0 Å². The van der Waals surface area contributed by atoms with Crippen LogP contribution < -0.4 is 21.7 Å². The van der Waals surface area contributed by atoms with Gasteiger partial charge in [-0.3, -0.25) is 0 Å². The highest BCUT2D eigenvalue weighted by molar-refractivity contribution is 4.66. The first kappa shape index (κ1) is 14.8. The summed E-state index contributed by atoms with van der Waals surface area (Å²) in [6.07, 6.45) is -4.13. The normalized spacial score (nSPS) is 9.67. The first-order valence-corrected chi connectivity index (χ1v) is 3.84. The van der Waals surface area contributed by atoms with Crippen LogP contribution in [0, 0.1) is 40.5 Å². The Hall–Kier alpha value is -3.20. The van der Waals surface area contributed by atoms with Crippen LogP contribution in [0.4, 0.5) is 0 Å². The van der Waals surface area contributed by atoms with E-state index in [1.165, 1.54) is 21.7 Å². The smallest absolute Gasteiger partial charge is 0.235 e. The first-order chi connectivity index (χ1) is 8.22. The van der Waals surface area contributed by atoms with Gasteiger partial charge in [-0.2, -0.15) is 0 Å². The Kier molecular flexibility index (Phi) is 5.26. The predicted octanol–water partition coefficient (Wildman–Crippen LogP) is -3.24. The quantitative estimate of drug-likeness (QED) is 0.184. The predicted molar refractivity (Wildman–Crippen MR) is 48.1 cm³/mol. The minimum absolute atomic E-state index is 1.26. The lowest BCUT2D eigenvalue weighted by Gasteiger charge is -2.16. The minimum Gasteiger partial charge on any atom is -0.235 e. The standard InChI is InChI=1S/C2H6N8O8/c11-7(12)3-1(4-8(13)14)2(5-9(15)16)6-10(17)18/h1-6H. The van der Waals surface area contributed by atoms with Gasteiger partial charge in [0.1, 0.15) is 0 Å². The molecule has 0 amide bonds. The van der Waals surface area contributed by atoms with Crippen molar-refractivity contribution >= 4 is 0 Å². The molecule has 0 aromatic heterocycles. The zero-order valence-electron chi connectivity index (χ0n) is 8.21. The molecule has 0 spiro atoms. The van der Waals surface area contributed by atoms with Crippen LogP contribution in [0.2, 0.25) is 0 Å². The van der Waals surface area contributed by atoms with Crippen LogP contribution in [0.25, 0.3) is 0 Å². The van der Waals surface area contributed by atoms with Gasteiger partial charge in [0.15, 0.2) is 20.1 Å². The van der Waals surface area contributed by atoms with Gasteiger partial charge in [-0.25, -0.2) is 40.5 Å². The summed E-state index contributed by atoms with van der Waals surface area (Å²) in [5.41, 5.74) is 5.03. The molecule has 0 aliphatic carbocycles. The monoisotopic (exact) mass is 270 g/mol. The van der Waals surface area contributed by atoms with E-state index >= 15 is 0 Å². The maximum absolute atomic E-state index is 10.1. The average molecular weight is 270 g/mol. The fraction of sp³-hybridized carbons (Fsp3) is 1.00. The SMILES string of the molecule is O=[N+]([O-])NC(N[N+](=O)[O-])C(N[N+](=O)[O-])N[N+](=O)[O-]. The molecule has 0 atom stereocenters. The Morgan fingerprint density at radius 1 is 0.556 bits per heavy atom. The van der Waals surface area contributed by atoms with Crippen LogP contribution in [-0.4, -0.2) is 32.5 Å².